The van der Waals surface area contributed by atoms with Crippen LogP contribution in [-0.2, 0) is 14.6 Å². The Hall–Kier alpha value is -0.880. The number of aliphatic carboxylic acids is 1. The summed E-state index contributed by atoms with van der Waals surface area (Å²) in [6.45, 7) is 5.29. The summed E-state index contributed by atoms with van der Waals surface area (Å²) in [5, 5.41) is 8.79. The summed E-state index contributed by atoms with van der Waals surface area (Å²) in [6, 6.07) is -0.330. The first-order chi connectivity index (χ1) is 7.35. The molecule has 0 aromatic carbocycles. The van der Waals surface area contributed by atoms with Crippen molar-refractivity contribution in [3.05, 3.63) is 12.7 Å². The Balaban J connectivity index is 2.77. The van der Waals surface area contributed by atoms with E-state index in [-0.39, 0.29) is 30.1 Å². The first-order valence-electron chi connectivity index (χ1n) is 5.16. The molecule has 6 heteroatoms. The van der Waals surface area contributed by atoms with E-state index in [1.165, 1.54) is 0 Å². The molecule has 1 saturated heterocycles. The van der Waals surface area contributed by atoms with Crippen molar-refractivity contribution < 1.29 is 18.3 Å². The number of hydrogen-bond donors (Lipinski definition) is 1. The van der Waals surface area contributed by atoms with Gasteiger partial charge in [0.2, 0.25) is 0 Å². The Morgan fingerprint density at radius 2 is 2.31 bits per heavy atom. The number of sulfone groups is 1. The van der Waals surface area contributed by atoms with E-state index < -0.39 is 15.8 Å². The Bertz CT molecular complexity index is 376. The SMILES string of the molecule is C=CC(C)N(CC(=O)O)C1CCS(=O)(=O)C1. The Kier molecular flexibility index (Phi) is 4.09. The fourth-order valence-corrected chi connectivity index (χ4v) is 3.68. The lowest BCUT2D eigenvalue weighted by atomic mass is 10.1. The smallest absolute Gasteiger partial charge is 0.317 e. The maximum atomic E-state index is 11.3. The van der Waals surface area contributed by atoms with Gasteiger partial charge in [0.15, 0.2) is 9.84 Å². The van der Waals surface area contributed by atoms with Gasteiger partial charge in [-0.2, -0.15) is 0 Å². The van der Waals surface area contributed by atoms with E-state index in [0.717, 1.165) is 0 Å². The maximum absolute atomic E-state index is 11.3. The third-order valence-corrected chi connectivity index (χ3v) is 4.61. The fourth-order valence-electron chi connectivity index (χ4n) is 1.93. The normalized spacial score (nSPS) is 25.5. The molecular weight excluding hydrogens is 230 g/mol. The van der Waals surface area contributed by atoms with Gasteiger partial charge in [-0.1, -0.05) is 6.08 Å². The van der Waals surface area contributed by atoms with Crippen LogP contribution >= 0.6 is 0 Å². The molecule has 92 valence electrons. The highest BCUT2D eigenvalue weighted by Crippen LogP contribution is 2.20. The van der Waals surface area contributed by atoms with Crippen molar-refractivity contribution >= 4 is 15.8 Å². The van der Waals surface area contributed by atoms with Gasteiger partial charge in [0.1, 0.15) is 0 Å². The van der Waals surface area contributed by atoms with Gasteiger partial charge in [-0.05, 0) is 13.3 Å². The highest BCUT2D eigenvalue weighted by molar-refractivity contribution is 7.91. The van der Waals surface area contributed by atoms with Crippen molar-refractivity contribution in [1.82, 2.24) is 4.90 Å². The van der Waals surface area contributed by atoms with Crippen LogP contribution < -0.4 is 0 Å². The highest BCUT2D eigenvalue weighted by atomic mass is 32.2. The van der Waals surface area contributed by atoms with Crippen molar-refractivity contribution in [1.29, 1.82) is 0 Å². The van der Waals surface area contributed by atoms with Gasteiger partial charge >= 0.3 is 5.97 Å². The van der Waals surface area contributed by atoms with Crippen LogP contribution in [0.5, 0.6) is 0 Å². The van der Waals surface area contributed by atoms with Crippen molar-refractivity contribution in [3.8, 4) is 0 Å². The van der Waals surface area contributed by atoms with Crippen LogP contribution in [0.2, 0.25) is 0 Å². The van der Waals surface area contributed by atoms with Crippen LogP contribution in [0.25, 0.3) is 0 Å². The van der Waals surface area contributed by atoms with Crippen LogP contribution in [-0.4, -0.2) is 54.5 Å². The van der Waals surface area contributed by atoms with E-state index >= 15 is 0 Å². The van der Waals surface area contributed by atoms with Gasteiger partial charge in [0.25, 0.3) is 0 Å². The Labute approximate surface area is 95.7 Å². The molecule has 0 radical (unpaired) electrons. The molecule has 1 heterocycles. The molecule has 0 spiro atoms. The summed E-state index contributed by atoms with van der Waals surface area (Å²) in [5.74, 6) is -0.742. The number of hydrogen-bond acceptors (Lipinski definition) is 4. The average molecular weight is 247 g/mol. The number of rotatable bonds is 5. The Morgan fingerprint density at radius 1 is 1.69 bits per heavy atom. The molecule has 1 fully saturated rings. The standard InChI is InChI=1S/C10H17NO4S/c1-3-8(2)11(6-10(12)13)9-4-5-16(14,15)7-9/h3,8-9H,1,4-7H2,2H3,(H,12,13). The predicted molar refractivity (Wildman–Crippen MR) is 61.1 cm³/mol. The molecule has 5 nitrogen and oxygen atoms in total. The Morgan fingerprint density at radius 3 is 2.69 bits per heavy atom. The molecule has 1 aliphatic rings. The van der Waals surface area contributed by atoms with E-state index in [2.05, 4.69) is 6.58 Å². The molecule has 0 saturated carbocycles. The minimum atomic E-state index is -2.99. The maximum Gasteiger partial charge on any atom is 0.317 e. The zero-order chi connectivity index (χ0) is 12.3. The zero-order valence-corrected chi connectivity index (χ0v) is 10.1. The molecule has 0 aromatic heterocycles. The molecule has 16 heavy (non-hydrogen) atoms. The zero-order valence-electron chi connectivity index (χ0n) is 9.30. The summed E-state index contributed by atoms with van der Waals surface area (Å²) >= 11 is 0. The van der Waals surface area contributed by atoms with Crippen LogP contribution in [0, 0.1) is 0 Å². The van der Waals surface area contributed by atoms with Gasteiger partial charge in [0, 0.05) is 12.1 Å². The summed E-state index contributed by atoms with van der Waals surface area (Å²) in [5.41, 5.74) is 0. The van der Waals surface area contributed by atoms with Gasteiger partial charge in [0.05, 0.1) is 18.1 Å². The third-order valence-electron chi connectivity index (χ3n) is 2.86. The molecule has 1 rings (SSSR count). The second-order valence-electron chi connectivity index (χ2n) is 4.10. The lowest BCUT2D eigenvalue weighted by Crippen LogP contribution is -2.44. The highest BCUT2D eigenvalue weighted by Gasteiger charge is 2.34. The summed E-state index contributed by atoms with van der Waals surface area (Å²) in [6.07, 6.45) is 2.14. The largest absolute Gasteiger partial charge is 0.480 e. The topological polar surface area (TPSA) is 74.7 Å². The fraction of sp³-hybridized carbons (Fsp3) is 0.700. The second-order valence-corrected chi connectivity index (χ2v) is 6.33. The average Bonchev–Trinajstić information content (AvgIpc) is 2.53. The van der Waals surface area contributed by atoms with E-state index in [0.29, 0.717) is 6.42 Å². The number of carboxylic acid groups (broad SMARTS) is 1. The monoisotopic (exact) mass is 247 g/mol. The molecular formula is C10H17NO4S. The van der Waals surface area contributed by atoms with Gasteiger partial charge in [-0.3, -0.25) is 9.69 Å². The molecule has 0 aliphatic carbocycles. The lowest BCUT2D eigenvalue weighted by Gasteiger charge is -2.30. The number of carbonyl (C=O) groups is 1. The number of carboxylic acids is 1. The van der Waals surface area contributed by atoms with Crippen molar-refractivity contribution in [2.45, 2.75) is 25.4 Å². The summed E-state index contributed by atoms with van der Waals surface area (Å²) in [4.78, 5) is 12.4. The quantitative estimate of drug-likeness (QED) is 0.699. The first kappa shape index (κ1) is 13.2. The van der Waals surface area contributed by atoms with Gasteiger partial charge in [-0.25, -0.2) is 8.42 Å². The second kappa shape index (κ2) is 4.97. The molecule has 0 aromatic rings. The first-order valence-corrected chi connectivity index (χ1v) is 6.98. The van der Waals surface area contributed by atoms with E-state index in [1.54, 1.807) is 11.0 Å². The molecule has 0 bridgehead atoms. The van der Waals surface area contributed by atoms with E-state index in [1.807, 2.05) is 6.92 Å². The number of nitrogens with zero attached hydrogens (tertiary/aromatic N) is 1. The molecule has 0 amide bonds. The van der Waals surface area contributed by atoms with Crippen LogP contribution in [0.3, 0.4) is 0 Å². The van der Waals surface area contributed by atoms with Gasteiger partial charge < -0.3 is 5.11 Å². The minimum Gasteiger partial charge on any atom is -0.480 e. The molecule has 1 N–H and O–H groups in total. The van der Waals surface area contributed by atoms with Gasteiger partial charge in [-0.15, -0.1) is 6.58 Å². The summed E-state index contributed by atoms with van der Waals surface area (Å²) in [7, 11) is -2.99. The minimum absolute atomic E-state index is 0.0540. The van der Waals surface area contributed by atoms with Crippen LogP contribution in [0.1, 0.15) is 13.3 Å². The summed E-state index contributed by atoms with van der Waals surface area (Å²) < 4.78 is 22.7. The molecule has 1 aliphatic heterocycles. The van der Waals surface area contributed by atoms with E-state index in [4.69, 9.17) is 5.11 Å². The van der Waals surface area contributed by atoms with Crippen LogP contribution in [0.15, 0.2) is 12.7 Å². The van der Waals surface area contributed by atoms with Crippen LogP contribution in [0.4, 0.5) is 0 Å². The predicted octanol–water partition coefficient (Wildman–Crippen LogP) is 0.135. The molecule has 2 unspecified atom stereocenters. The lowest BCUT2D eigenvalue weighted by molar-refractivity contribution is -0.139. The van der Waals surface area contributed by atoms with E-state index in [9.17, 15) is 13.2 Å². The van der Waals surface area contributed by atoms with Crippen molar-refractivity contribution in [2.24, 2.45) is 0 Å². The third kappa shape index (κ3) is 3.31. The molecule has 2 atom stereocenters. The van der Waals surface area contributed by atoms with Crippen molar-refractivity contribution in [3.63, 3.8) is 0 Å². The van der Waals surface area contributed by atoms with Crippen molar-refractivity contribution in [2.75, 3.05) is 18.1 Å².